The minimum atomic E-state index is -1.73. The maximum atomic E-state index is 13.4. The number of carbonyl (C=O) groups excluding carboxylic acids is 3. The summed E-state index contributed by atoms with van der Waals surface area (Å²) in [5.41, 5.74) is -0.255. The third-order valence-electron chi connectivity index (χ3n) is 3.10. The Morgan fingerprint density at radius 3 is 2.31 bits per heavy atom. The number of anilines is 1. The molecule has 9 heteroatoms. The molecule has 0 bridgehead atoms. The Bertz CT molecular complexity index is 828. The van der Waals surface area contributed by atoms with Crippen LogP contribution in [0.2, 0.25) is 0 Å². The minimum absolute atomic E-state index is 0.340. The largest absolute Gasteiger partial charge is 0.454 e. The second-order valence-electron chi connectivity index (χ2n) is 4.98. The summed E-state index contributed by atoms with van der Waals surface area (Å²) >= 11 is 0. The molecule has 0 atom stereocenters. The number of hydrogen-bond donors (Lipinski definition) is 2. The molecular weight excluding hydrogens is 353 g/mol. The predicted molar refractivity (Wildman–Crippen MR) is 84.7 cm³/mol. The quantitative estimate of drug-likeness (QED) is 0.605. The molecule has 26 heavy (non-hydrogen) atoms. The van der Waals surface area contributed by atoms with Crippen molar-refractivity contribution in [2.45, 2.75) is 0 Å². The molecule has 0 heterocycles. The number of nitrogens with one attached hydrogen (secondary N) is 2. The van der Waals surface area contributed by atoms with Crippen molar-refractivity contribution in [1.82, 2.24) is 5.32 Å². The van der Waals surface area contributed by atoms with Gasteiger partial charge in [0, 0.05) is 5.56 Å². The minimum Gasteiger partial charge on any atom is -0.454 e. The van der Waals surface area contributed by atoms with E-state index in [2.05, 4.69) is 10.1 Å². The van der Waals surface area contributed by atoms with Gasteiger partial charge >= 0.3 is 5.97 Å². The fourth-order valence-corrected chi connectivity index (χ4v) is 1.85. The van der Waals surface area contributed by atoms with Crippen LogP contribution in [0.5, 0.6) is 0 Å². The van der Waals surface area contributed by atoms with Gasteiger partial charge in [-0.15, -0.1) is 0 Å². The highest BCUT2D eigenvalue weighted by molar-refractivity contribution is 5.96. The van der Waals surface area contributed by atoms with Crippen molar-refractivity contribution in [3.63, 3.8) is 0 Å². The van der Waals surface area contributed by atoms with Gasteiger partial charge in [0.05, 0.1) is 5.69 Å². The van der Waals surface area contributed by atoms with Crippen LogP contribution in [0.25, 0.3) is 0 Å². The number of benzene rings is 2. The maximum Gasteiger partial charge on any atom is 0.325 e. The molecule has 0 aliphatic rings. The zero-order valence-electron chi connectivity index (χ0n) is 13.2. The highest BCUT2D eigenvalue weighted by Crippen LogP contribution is 2.19. The van der Waals surface area contributed by atoms with E-state index in [1.54, 1.807) is 30.3 Å². The van der Waals surface area contributed by atoms with Crippen LogP contribution in [0.15, 0.2) is 42.5 Å². The first kappa shape index (κ1) is 19.0. The Morgan fingerprint density at radius 1 is 0.923 bits per heavy atom. The number of amides is 2. The van der Waals surface area contributed by atoms with E-state index in [1.807, 2.05) is 5.32 Å². The molecule has 6 nitrogen and oxygen atoms in total. The summed E-state index contributed by atoms with van der Waals surface area (Å²) in [6, 6.07) is 9.57. The summed E-state index contributed by atoms with van der Waals surface area (Å²) < 4.78 is 43.8. The molecule has 2 aromatic rings. The number of hydrogen-bond acceptors (Lipinski definition) is 4. The molecule has 0 fully saturated rings. The number of rotatable bonds is 6. The molecule has 2 aromatic carbocycles. The molecular formula is C17H13F3N2O4. The van der Waals surface area contributed by atoms with Gasteiger partial charge in [-0.1, -0.05) is 18.2 Å². The molecule has 0 saturated heterocycles. The second kappa shape index (κ2) is 8.65. The van der Waals surface area contributed by atoms with Gasteiger partial charge in [-0.05, 0) is 24.3 Å². The first-order valence-corrected chi connectivity index (χ1v) is 7.30. The smallest absolute Gasteiger partial charge is 0.325 e. The Morgan fingerprint density at radius 2 is 1.62 bits per heavy atom. The summed E-state index contributed by atoms with van der Waals surface area (Å²) in [6.45, 7) is -1.28. The maximum absolute atomic E-state index is 13.4. The van der Waals surface area contributed by atoms with Gasteiger partial charge in [0.1, 0.15) is 6.54 Å². The highest BCUT2D eigenvalue weighted by atomic mass is 19.2. The lowest BCUT2D eigenvalue weighted by Crippen LogP contribution is -2.32. The van der Waals surface area contributed by atoms with E-state index in [-0.39, 0.29) is 0 Å². The van der Waals surface area contributed by atoms with Crippen LogP contribution in [0, 0.1) is 17.5 Å². The van der Waals surface area contributed by atoms with Gasteiger partial charge in [-0.2, -0.15) is 0 Å². The average molecular weight is 366 g/mol. The van der Waals surface area contributed by atoms with E-state index in [0.717, 1.165) is 6.07 Å². The molecule has 0 saturated carbocycles. The molecule has 0 aromatic heterocycles. The summed E-state index contributed by atoms with van der Waals surface area (Å²) in [4.78, 5) is 34.8. The van der Waals surface area contributed by atoms with E-state index in [1.165, 1.54) is 0 Å². The van der Waals surface area contributed by atoms with Gasteiger partial charge in [0.15, 0.2) is 24.1 Å². The first-order chi connectivity index (χ1) is 12.4. The van der Waals surface area contributed by atoms with Gasteiger partial charge in [-0.3, -0.25) is 14.4 Å². The summed E-state index contributed by atoms with van der Waals surface area (Å²) in [6.07, 6.45) is 0. The van der Waals surface area contributed by atoms with Crippen LogP contribution in [0.4, 0.5) is 18.9 Å². The standard InChI is InChI=1S/C17H13F3N2O4/c18-11-6-7-12(16(20)15(11)19)22-13(23)9-26-14(24)8-21-17(25)10-4-2-1-3-5-10/h1-7H,8-9H2,(H,21,25)(H,22,23). The summed E-state index contributed by atoms with van der Waals surface area (Å²) in [7, 11) is 0. The van der Waals surface area contributed by atoms with E-state index in [9.17, 15) is 27.6 Å². The van der Waals surface area contributed by atoms with Crippen LogP contribution in [0.3, 0.4) is 0 Å². The normalized spacial score (nSPS) is 10.1. The van der Waals surface area contributed by atoms with Gasteiger partial charge in [-0.25, -0.2) is 13.2 Å². The Balaban J connectivity index is 1.78. The Labute approximate surface area is 146 Å². The lowest BCUT2D eigenvalue weighted by Gasteiger charge is -2.09. The second-order valence-corrected chi connectivity index (χ2v) is 4.98. The first-order valence-electron chi connectivity index (χ1n) is 7.30. The van der Waals surface area contributed by atoms with Crippen molar-refractivity contribution in [1.29, 1.82) is 0 Å². The van der Waals surface area contributed by atoms with E-state index in [0.29, 0.717) is 11.6 Å². The van der Waals surface area contributed by atoms with Crippen LogP contribution in [0.1, 0.15) is 10.4 Å². The van der Waals surface area contributed by atoms with Crippen molar-refractivity contribution >= 4 is 23.5 Å². The summed E-state index contributed by atoms with van der Waals surface area (Å²) in [5.74, 6) is -7.08. The highest BCUT2D eigenvalue weighted by Gasteiger charge is 2.16. The predicted octanol–water partition coefficient (Wildman–Crippen LogP) is 2.02. The van der Waals surface area contributed by atoms with Crippen LogP contribution in [-0.2, 0) is 14.3 Å². The van der Waals surface area contributed by atoms with Crippen molar-refractivity contribution in [3.05, 3.63) is 65.5 Å². The molecule has 2 rings (SSSR count). The third-order valence-corrected chi connectivity index (χ3v) is 3.10. The van der Waals surface area contributed by atoms with Gasteiger partial charge in [0.25, 0.3) is 11.8 Å². The number of carbonyl (C=O) groups is 3. The molecule has 0 unspecified atom stereocenters. The monoisotopic (exact) mass is 366 g/mol. The Hall–Kier alpha value is -3.36. The number of ether oxygens (including phenoxy) is 1. The number of esters is 1. The molecule has 136 valence electrons. The van der Waals surface area contributed by atoms with Gasteiger partial charge < -0.3 is 15.4 Å². The van der Waals surface area contributed by atoms with Crippen molar-refractivity contribution in [2.24, 2.45) is 0 Å². The molecule has 2 N–H and O–H groups in total. The lowest BCUT2D eigenvalue weighted by molar-refractivity contribution is -0.146. The van der Waals surface area contributed by atoms with Crippen molar-refractivity contribution in [2.75, 3.05) is 18.5 Å². The van der Waals surface area contributed by atoms with Gasteiger partial charge in [0.2, 0.25) is 0 Å². The molecule has 0 spiro atoms. The number of halogens is 3. The van der Waals surface area contributed by atoms with Crippen LogP contribution in [-0.4, -0.2) is 30.9 Å². The van der Waals surface area contributed by atoms with E-state index in [4.69, 9.17) is 0 Å². The van der Waals surface area contributed by atoms with E-state index < -0.39 is 54.1 Å². The fourth-order valence-electron chi connectivity index (χ4n) is 1.85. The van der Waals surface area contributed by atoms with Crippen molar-refractivity contribution < 1.29 is 32.3 Å². The van der Waals surface area contributed by atoms with Crippen LogP contribution < -0.4 is 10.6 Å². The zero-order valence-corrected chi connectivity index (χ0v) is 13.2. The topological polar surface area (TPSA) is 84.5 Å². The Kier molecular flexibility index (Phi) is 6.31. The molecule has 2 amide bonds. The van der Waals surface area contributed by atoms with E-state index >= 15 is 0 Å². The zero-order chi connectivity index (χ0) is 19.1. The van der Waals surface area contributed by atoms with Crippen molar-refractivity contribution in [3.8, 4) is 0 Å². The average Bonchev–Trinajstić information content (AvgIpc) is 2.65. The summed E-state index contributed by atoms with van der Waals surface area (Å²) in [5, 5.41) is 4.24. The SMILES string of the molecule is O=C(COC(=O)CNC(=O)c1ccccc1)Nc1ccc(F)c(F)c1F. The fraction of sp³-hybridized carbons (Fsp3) is 0.118. The molecule has 0 radical (unpaired) electrons. The third kappa shape index (κ3) is 5.07. The molecule has 0 aliphatic heterocycles. The van der Waals surface area contributed by atoms with Crippen LogP contribution >= 0.6 is 0 Å². The molecule has 0 aliphatic carbocycles. The lowest BCUT2D eigenvalue weighted by atomic mass is 10.2.